The highest BCUT2D eigenvalue weighted by atomic mass is 32.1. The summed E-state index contributed by atoms with van der Waals surface area (Å²) in [5.74, 6) is -0.112. The minimum absolute atomic E-state index is 0.112. The molecule has 30 heavy (non-hydrogen) atoms. The van der Waals surface area contributed by atoms with Gasteiger partial charge in [-0.1, -0.05) is 17.7 Å². The minimum Gasteiger partial charge on any atom is -0.339 e. The number of H-pyrrole nitrogens is 1. The summed E-state index contributed by atoms with van der Waals surface area (Å²) in [6.07, 6.45) is 3.48. The Bertz CT molecular complexity index is 1200. The number of nitrogens with zero attached hydrogens (tertiary/aromatic N) is 4. The van der Waals surface area contributed by atoms with Gasteiger partial charge in [0.25, 0.3) is 5.91 Å². The predicted molar refractivity (Wildman–Crippen MR) is 121 cm³/mol. The maximum absolute atomic E-state index is 13.2. The second kappa shape index (κ2) is 8.33. The van der Waals surface area contributed by atoms with Crippen LogP contribution in [0.3, 0.4) is 0 Å². The van der Waals surface area contributed by atoms with Crippen LogP contribution >= 0.6 is 11.3 Å². The first-order chi connectivity index (χ1) is 14.5. The van der Waals surface area contributed by atoms with Gasteiger partial charge in [-0.05, 0) is 38.6 Å². The van der Waals surface area contributed by atoms with Crippen molar-refractivity contribution in [3.63, 3.8) is 0 Å². The lowest BCUT2D eigenvalue weighted by Crippen LogP contribution is -2.33. The molecule has 4 rings (SSSR count). The number of carbonyl (C=O) groups is 1. The van der Waals surface area contributed by atoms with Crippen molar-refractivity contribution in [1.29, 1.82) is 0 Å². The van der Waals surface area contributed by atoms with Crippen molar-refractivity contribution in [2.45, 2.75) is 13.8 Å². The van der Waals surface area contributed by atoms with Gasteiger partial charge >= 0.3 is 0 Å². The third kappa shape index (κ3) is 3.71. The molecule has 3 aromatic heterocycles. The van der Waals surface area contributed by atoms with Gasteiger partial charge < -0.3 is 10.2 Å². The number of hydrogen-bond acceptors (Lipinski definition) is 6. The van der Waals surface area contributed by atoms with Gasteiger partial charge in [-0.15, -0.1) is 11.3 Å². The molecule has 0 saturated heterocycles. The topological polar surface area (TPSA) is 86.8 Å². The first kappa shape index (κ1) is 20.2. The van der Waals surface area contributed by atoms with Gasteiger partial charge in [0.05, 0.1) is 10.4 Å². The zero-order valence-electron chi connectivity index (χ0n) is 17.5. The van der Waals surface area contributed by atoms with Crippen LogP contribution in [-0.2, 0) is 0 Å². The average Bonchev–Trinajstić information content (AvgIpc) is 3.36. The number of aromatic nitrogens is 4. The number of fused-ring (bicyclic) bond motifs is 1. The van der Waals surface area contributed by atoms with Crippen molar-refractivity contribution in [1.82, 2.24) is 30.4 Å². The Balaban J connectivity index is 1.85. The minimum atomic E-state index is -0.112. The third-order valence-electron chi connectivity index (χ3n) is 5.01. The summed E-state index contributed by atoms with van der Waals surface area (Å²) in [4.78, 5) is 24.7. The molecule has 8 heteroatoms. The van der Waals surface area contributed by atoms with Gasteiger partial charge in [-0.25, -0.2) is 4.98 Å². The molecule has 0 saturated carbocycles. The van der Waals surface area contributed by atoms with Crippen LogP contribution in [-0.4, -0.2) is 58.2 Å². The molecule has 154 valence electrons. The molecule has 3 heterocycles. The Morgan fingerprint density at radius 1 is 1.30 bits per heavy atom. The molecule has 0 radical (unpaired) electrons. The first-order valence-electron chi connectivity index (χ1n) is 9.76. The Labute approximate surface area is 179 Å². The number of aromatic amines is 1. The molecule has 0 fully saturated rings. The number of thiazole rings is 1. The summed E-state index contributed by atoms with van der Waals surface area (Å²) in [6.45, 7) is 5.44. The van der Waals surface area contributed by atoms with Crippen LogP contribution in [0, 0.1) is 13.8 Å². The Hall–Kier alpha value is -3.10. The molecule has 7 nitrogen and oxygen atoms in total. The van der Waals surface area contributed by atoms with E-state index in [0.29, 0.717) is 18.8 Å². The van der Waals surface area contributed by atoms with Crippen molar-refractivity contribution in [2.75, 3.05) is 27.2 Å². The average molecular weight is 421 g/mol. The smallest absolute Gasteiger partial charge is 0.273 e. The van der Waals surface area contributed by atoms with Gasteiger partial charge in [0.1, 0.15) is 16.4 Å². The zero-order valence-corrected chi connectivity index (χ0v) is 18.3. The zero-order chi connectivity index (χ0) is 21.3. The lowest BCUT2D eigenvalue weighted by Gasteiger charge is -2.16. The number of hydrogen-bond donors (Lipinski definition) is 2. The van der Waals surface area contributed by atoms with Gasteiger partial charge in [-0.2, -0.15) is 5.10 Å². The van der Waals surface area contributed by atoms with Crippen LogP contribution in [0.25, 0.3) is 32.0 Å². The first-order valence-corrected chi connectivity index (χ1v) is 10.6. The van der Waals surface area contributed by atoms with E-state index in [9.17, 15) is 4.79 Å². The molecule has 0 aliphatic carbocycles. The number of pyridine rings is 1. The van der Waals surface area contributed by atoms with Crippen molar-refractivity contribution in [2.24, 2.45) is 0 Å². The van der Waals surface area contributed by atoms with Gasteiger partial charge in [0.2, 0.25) is 0 Å². The van der Waals surface area contributed by atoms with Crippen LogP contribution in [0.4, 0.5) is 0 Å². The van der Waals surface area contributed by atoms with E-state index in [2.05, 4.69) is 46.5 Å². The molecule has 1 amide bonds. The van der Waals surface area contributed by atoms with Crippen LogP contribution < -0.4 is 5.32 Å². The molecular formula is C22H24N6OS. The number of nitrogens with one attached hydrogen (secondary N) is 2. The quantitative estimate of drug-likeness (QED) is 0.497. The molecule has 0 aliphatic rings. The highest BCUT2D eigenvalue weighted by Gasteiger charge is 2.25. The van der Waals surface area contributed by atoms with Crippen LogP contribution in [0.5, 0.6) is 0 Å². The van der Waals surface area contributed by atoms with Crippen LogP contribution in [0.1, 0.15) is 21.6 Å². The fourth-order valence-electron chi connectivity index (χ4n) is 3.46. The lowest BCUT2D eigenvalue weighted by molar-refractivity contribution is 0.0792. The maximum Gasteiger partial charge on any atom is 0.273 e. The van der Waals surface area contributed by atoms with Gasteiger partial charge in [0, 0.05) is 43.5 Å². The Morgan fingerprint density at radius 3 is 2.87 bits per heavy atom. The highest BCUT2D eigenvalue weighted by Crippen LogP contribution is 2.38. The Morgan fingerprint density at radius 2 is 2.13 bits per heavy atom. The molecule has 4 aromatic rings. The van der Waals surface area contributed by atoms with E-state index in [0.717, 1.165) is 43.2 Å². The number of aryl methyl sites for hydroxylation is 2. The van der Waals surface area contributed by atoms with E-state index < -0.39 is 0 Å². The van der Waals surface area contributed by atoms with Crippen molar-refractivity contribution in [3.8, 4) is 21.1 Å². The van der Waals surface area contributed by atoms with E-state index in [1.807, 2.05) is 19.2 Å². The monoisotopic (exact) mass is 420 g/mol. The number of carbonyl (C=O) groups excluding carboxylic acids is 1. The summed E-state index contributed by atoms with van der Waals surface area (Å²) >= 11 is 1.47. The van der Waals surface area contributed by atoms with Crippen molar-refractivity contribution < 1.29 is 4.79 Å². The van der Waals surface area contributed by atoms with E-state index in [-0.39, 0.29) is 5.91 Å². The summed E-state index contributed by atoms with van der Waals surface area (Å²) < 4.78 is 0. The molecule has 1 aromatic carbocycles. The SMILES string of the molecule is CNCCN(C)C(=O)c1nc(-c2n[nH]c3c(C)cc(C)cc23)sc1-c1cccnc1. The number of rotatable bonds is 6. The predicted octanol–water partition coefficient (Wildman–Crippen LogP) is 3.66. The highest BCUT2D eigenvalue weighted by molar-refractivity contribution is 7.18. The Kier molecular flexibility index (Phi) is 5.61. The van der Waals surface area contributed by atoms with Crippen LogP contribution in [0.2, 0.25) is 0 Å². The van der Waals surface area contributed by atoms with Crippen LogP contribution in [0.15, 0.2) is 36.7 Å². The lowest BCUT2D eigenvalue weighted by atomic mass is 10.1. The molecular weight excluding hydrogens is 396 g/mol. The summed E-state index contributed by atoms with van der Waals surface area (Å²) in [5, 5.41) is 12.5. The van der Waals surface area contributed by atoms with Gasteiger partial charge in [-0.3, -0.25) is 14.9 Å². The fourth-order valence-corrected chi connectivity index (χ4v) is 4.51. The fraction of sp³-hybridized carbons (Fsp3) is 0.273. The number of likely N-dealkylation sites (N-methyl/N-ethyl adjacent to an activating group) is 2. The second-order valence-electron chi connectivity index (χ2n) is 7.35. The molecule has 0 aliphatic heterocycles. The number of benzene rings is 1. The molecule has 0 spiro atoms. The van der Waals surface area contributed by atoms with Crippen molar-refractivity contribution >= 4 is 28.1 Å². The summed E-state index contributed by atoms with van der Waals surface area (Å²) in [7, 11) is 3.66. The largest absolute Gasteiger partial charge is 0.339 e. The van der Waals surface area contributed by atoms with E-state index in [1.165, 1.54) is 11.3 Å². The molecule has 0 bridgehead atoms. The summed E-state index contributed by atoms with van der Waals surface area (Å²) in [6, 6.07) is 8.04. The normalized spacial score (nSPS) is 11.2. The second-order valence-corrected chi connectivity index (χ2v) is 8.34. The summed E-state index contributed by atoms with van der Waals surface area (Å²) in [5.41, 5.74) is 5.36. The van der Waals surface area contributed by atoms with E-state index >= 15 is 0 Å². The number of amides is 1. The van der Waals surface area contributed by atoms with E-state index in [1.54, 1.807) is 24.3 Å². The molecule has 0 atom stereocenters. The molecule has 2 N–H and O–H groups in total. The standard InChI is InChI=1S/C22H24N6OS/c1-13-10-14(2)17-16(11-13)18(27-26-17)21-25-19(22(29)28(4)9-8-23-3)20(30-21)15-6-5-7-24-12-15/h5-7,10-12,23H,8-9H2,1-4H3,(H,26,27). The molecule has 0 unspecified atom stereocenters. The third-order valence-corrected chi connectivity index (χ3v) is 6.13. The van der Waals surface area contributed by atoms with Crippen molar-refractivity contribution in [3.05, 3.63) is 53.5 Å². The van der Waals surface area contributed by atoms with E-state index in [4.69, 9.17) is 4.98 Å². The van der Waals surface area contributed by atoms with Gasteiger partial charge in [0.15, 0.2) is 0 Å². The maximum atomic E-state index is 13.2.